The fourth-order valence-corrected chi connectivity index (χ4v) is 6.44. The first-order chi connectivity index (χ1) is 13.7. The Labute approximate surface area is 167 Å². The van der Waals surface area contributed by atoms with Crippen LogP contribution in [0.15, 0.2) is 16.5 Å². The molecule has 1 spiro atoms. The molecule has 1 unspecified atom stereocenters. The number of rotatable bonds is 5. The molecule has 1 N–H and O–H groups in total. The molecule has 1 atom stereocenters. The molecule has 1 saturated carbocycles. The van der Waals surface area contributed by atoms with Gasteiger partial charge in [0.15, 0.2) is 28.2 Å². The minimum atomic E-state index is -5.03. The lowest BCUT2D eigenvalue weighted by Crippen LogP contribution is -2.40. The van der Waals surface area contributed by atoms with Gasteiger partial charge >= 0.3 is 0 Å². The van der Waals surface area contributed by atoms with E-state index in [9.17, 15) is 30.4 Å². The highest BCUT2D eigenvalue weighted by molar-refractivity contribution is 7.89. The molecule has 2 heterocycles. The summed E-state index contributed by atoms with van der Waals surface area (Å²) in [5, 5.41) is 5.11. The number of aromatic nitrogens is 1. The summed E-state index contributed by atoms with van der Waals surface area (Å²) < 4.78 is 96.6. The molecular weight excluding hydrogens is 437 g/mol. The zero-order valence-electron chi connectivity index (χ0n) is 14.9. The quantitative estimate of drug-likeness (QED) is 0.429. The van der Waals surface area contributed by atoms with Crippen LogP contribution < -0.4 is 5.32 Å². The van der Waals surface area contributed by atoms with Crippen LogP contribution in [0.5, 0.6) is 0 Å². The van der Waals surface area contributed by atoms with Crippen LogP contribution in [0.1, 0.15) is 24.3 Å². The standard InChI is InChI=1S/C17H16F5N3O2S2/c18-11-12(19)14(21)16(15(22)13(11)20)29(26,27)25(8-10-24-5-6-28-10)9-7-17(9)1-3-23-4-2-17/h5-6,9,23H,1-4,7-8H2. The maximum Gasteiger partial charge on any atom is 0.249 e. The van der Waals surface area contributed by atoms with Crippen molar-refractivity contribution in [3.8, 4) is 0 Å². The molecule has 0 radical (unpaired) electrons. The van der Waals surface area contributed by atoms with Gasteiger partial charge in [0.25, 0.3) is 0 Å². The fraction of sp³-hybridized carbons (Fsp3) is 0.471. The number of piperidine rings is 1. The van der Waals surface area contributed by atoms with E-state index in [1.165, 1.54) is 6.20 Å². The van der Waals surface area contributed by atoms with Crippen molar-refractivity contribution in [3.05, 3.63) is 45.7 Å². The molecule has 5 nitrogen and oxygen atoms in total. The second kappa shape index (κ2) is 7.25. The predicted octanol–water partition coefficient (Wildman–Crippen LogP) is 3.17. The minimum Gasteiger partial charge on any atom is -0.317 e. The molecule has 1 aliphatic carbocycles. The molecule has 12 heteroatoms. The maximum atomic E-state index is 14.3. The van der Waals surface area contributed by atoms with Gasteiger partial charge in [0, 0.05) is 17.6 Å². The lowest BCUT2D eigenvalue weighted by Gasteiger charge is -2.29. The van der Waals surface area contributed by atoms with E-state index in [4.69, 9.17) is 0 Å². The highest BCUT2D eigenvalue weighted by Gasteiger charge is 2.60. The predicted molar refractivity (Wildman–Crippen MR) is 94.0 cm³/mol. The first kappa shape index (κ1) is 20.6. The Morgan fingerprint density at radius 1 is 1.07 bits per heavy atom. The Kier molecular flexibility index (Phi) is 5.16. The summed E-state index contributed by atoms with van der Waals surface area (Å²) in [5.41, 5.74) is -0.375. The molecule has 2 fully saturated rings. The van der Waals surface area contributed by atoms with Crippen LogP contribution in [-0.4, -0.2) is 36.8 Å². The summed E-state index contributed by atoms with van der Waals surface area (Å²) in [4.78, 5) is 2.19. The largest absolute Gasteiger partial charge is 0.317 e. The molecule has 1 saturated heterocycles. The number of hydrogen-bond donors (Lipinski definition) is 1. The molecule has 4 rings (SSSR count). The molecule has 1 aromatic heterocycles. The lowest BCUT2D eigenvalue weighted by atomic mass is 9.94. The Balaban J connectivity index is 1.80. The molecule has 2 aromatic rings. The van der Waals surface area contributed by atoms with Crippen molar-refractivity contribution < 1.29 is 30.4 Å². The van der Waals surface area contributed by atoms with Gasteiger partial charge in [-0.2, -0.15) is 4.31 Å². The Morgan fingerprint density at radius 3 is 2.21 bits per heavy atom. The Bertz CT molecular complexity index is 1010. The van der Waals surface area contributed by atoms with Crippen molar-refractivity contribution in [2.75, 3.05) is 13.1 Å². The number of benzene rings is 1. The second-order valence-corrected chi connectivity index (χ2v) is 10.0. The van der Waals surface area contributed by atoms with Crippen molar-refractivity contribution in [1.29, 1.82) is 0 Å². The lowest BCUT2D eigenvalue weighted by molar-refractivity contribution is 0.274. The molecule has 158 valence electrons. The highest BCUT2D eigenvalue weighted by atomic mass is 32.2. The number of nitrogens with zero attached hydrogens (tertiary/aromatic N) is 2. The van der Waals surface area contributed by atoms with Crippen molar-refractivity contribution in [2.24, 2.45) is 5.41 Å². The third-order valence-corrected chi connectivity index (χ3v) is 8.24. The van der Waals surface area contributed by atoms with Gasteiger partial charge in [-0.25, -0.2) is 35.4 Å². The molecule has 29 heavy (non-hydrogen) atoms. The molecule has 0 bridgehead atoms. The third kappa shape index (κ3) is 3.35. The van der Waals surface area contributed by atoms with Gasteiger partial charge in [-0.05, 0) is 37.8 Å². The van der Waals surface area contributed by atoms with Crippen LogP contribution in [-0.2, 0) is 16.6 Å². The first-order valence-corrected chi connectivity index (χ1v) is 11.1. The van der Waals surface area contributed by atoms with E-state index in [1.54, 1.807) is 5.38 Å². The number of thiazole rings is 1. The summed E-state index contributed by atoms with van der Waals surface area (Å²) in [6.07, 6.45) is 3.20. The normalized spacial score (nSPS) is 21.1. The van der Waals surface area contributed by atoms with E-state index >= 15 is 0 Å². The van der Waals surface area contributed by atoms with Crippen LogP contribution in [0.25, 0.3) is 0 Å². The summed E-state index contributed by atoms with van der Waals surface area (Å²) in [7, 11) is -5.03. The van der Waals surface area contributed by atoms with Gasteiger partial charge < -0.3 is 5.32 Å². The third-order valence-electron chi connectivity index (χ3n) is 5.60. The molecule has 1 aromatic carbocycles. The summed E-state index contributed by atoms with van der Waals surface area (Å²) >= 11 is 1.13. The average molecular weight is 453 g/mol. The second-order valence-electron chi connectivity index (χ2n) is 7.21. The van der Waals surface area contributed by atoms with Crippen LogP contribution in [0.4, 0.5) is 22.0 Å². The number of sulfonamides is 1. The van der Waals surface area contributed by atoms with E-state index in [1.807, 2.05) is 0 Å². The molecule has 1 aliphatic heterocycles. The van der Waals surface area contributed by atoms with Crippen molar-refractivity contribution in [2.45, 2.75) is 36.7 Å². The van der Waals surface area contributed by atoms with Crippen LogP contribution in [0.3, 0.4) is 0 Å². The average Bonchev–Trinajstić information content (AvgIpc) is 3.12. The van der Waals surface area contributed by atoms with Crippen LogP contribution in [0.2, 0.25) is 0 Å². The topological polar surface area (TPSA) is 62.3 Å². The van der Waals surface area contributed by atoms with Gasteiger partial charge in [-0.3, -0.25) is 0 Å². The zero-order chi connectivity index (χ0) is 21.0. The van der Waals surface area contributed by atoms with Crippen molar-refractivity contribution in [3.63, 3.8) is 0 Å². The van der Waals surface area contributed by atoms with Gasteiger partial charge in [0.1, 0.15) is 5.01 Å². The Morgan fingerprint density at radius 2 is 1.66 bits per heavy atom. The summed E-state index contributed by atoms with van der Waals surface area (Å²) in [5.74, 6) is -11.7. The summed E-state index contributed by atoms with van der Waals surface area (Å²) in [6, 6.07) is -0.603. The molecular formula is C17H16F5N3O2S2. The smallest absolute Gasteiger partial charge is 0.249 e. The van der Waals surface area contributed by atoms with E-state index in [0.29, 0.717) is 37.4 Å². The van der Waals surface area contributed by atoms with Gasteiger partial charge in [0.05, 0.1) is 6.54 Å². The first-order valence-electron chi connectivity index (χ1n) is 8.81. The van der Waals surface area contributed by atoms with E-state index in [2.05, 4.69) is 10.3 Å². The van der Waals surface area contributed by atoms with E-state index in [0.717, 1.165) is 15.6 Å². The monoisotopic (exact) mass is 453 g/mol. The van der Waals surface area contributed by atoms with Gasteiger partial charge in [-0.15, -0.1) is 11.3 Å². The van der Waals surface area contributed by atoms with E-state index in [-0.39, 0.29) is 12.0 Å². The maximum absolute atomic E-state index is 14.3. The Hall–Kier alpha value is -1.63. The molecule has 0 amide bonds. The number of nitrogens with one attached hydrogen (secondary N) is 1. The SMILES string of the molecule is O=S(=O)(c1c(F)c(F)c(F)c(F)c1F)N(Cc1nccs1)C1CC12CCNCC2. The van der Waals surface area contributed by atoms with Gasteiger partial charge in [0.2, 0.25) is 15.8 Å². The van der Waals surface area contributed by atoms with Gasteiger partial charge in [-0.1, -0.05) is 0 Å². The van der Waals surface area contributed by atoms with Crippen LogP contribution in [0, 0.1) is 34.5 Å². The molecule has 2 aliphatic rings. The fourth-order valence-electron chi connectivity index (χ4n) is 3.95. The number of halogens is 5. The summed E-state index contributed by atoms with van der Waals surface area (Å²) in [6.45, 7) is 1.01. The highest BCUT2D eigenvalue weighted by Crippen LogP contribution is 2.57. The van der Waals surface area contributed by atoms with Crippen LogP contribution >= 0.6 is 11.3 Å². The van der Waals surface area contributed by atoms with E-state index < -0.39 is 50.0 Å². The minimum absolute atomic E-state index is 0.306. The van der Waals surface area contributed by atoms with Crippen molar-refractivity contribution in [1.82, 2.24) is 14.6 Å². The zero-order valence-corrected chi connectivity index (χ0v) is 16.5. The van der Waals surface area contributed by atoms with Crippen molar-refractivity contribution >= 4 is 21.4 Å². The number of hydrogen-bond acceptors (Lipinski definition) is 5.